The van der Waals surface area contributed by atoms with Gasteiger partial charge in [0.25, 0.3) is 5.91 Å². The van der Waals surface area contributed by atoms with E-state index in [9.17, 15) is 9.59 Å². The van der Waals surface area contributed by atoms with E-state index >= 15 is 0 Å². The summed E-state index contributed by atoms with van der Waals surface area (Å²) in [6, 6.07) is 8.53. The maximum absolute atomic E-state index is 11.5. The minimum absolute atomic E-state index is 0.271. The second-order valence-corrected chi connectivity index (χ2v) is 4.80. The summed E-state index contributed by atoms with van der Waals surface area (Å²) < 4.78 is 9.60. The van der Waals surface area contributed by atoms with E-state index in [0.29, 0.717) is 10.8 Å². The van der Waals surface area contributed by atoms with E-state index < -0.39 is 18.5 Å². The second-order valence-electron chi connectivity index (χ2n) is 4.37. The summed E-state index contributed by atoms with van der Waals surface area (Å²) in [7, 11) is 0. The third-order valence-electron chi connectivity index (χ3n) is 2.50. The zero-order chi connectivity index (χ0) is 15.9. The van der Waals surface area contributed by atoms with Crippen LogP contribution in [-0.4, -0.2) is 23.6 Å². The summed E-state index contributed by atoms with van der Waals surface area (Å²) >= 11 is 5.83. The summed E-state index contributed by atoms with van der Waals surface area (Å²) in [5.41, 5.74) is 0.756. The molecule has 0 aliphatic carbocycles. The van der Waals surface area contributed by atoms with Crippen LogP contribution in [0.15, 0.2) is 40.9 Å². The number of carbonyl (C=O) groups is 2. The highest BCUT2D eigenvalue weighted by atomic mass is 35.5. The number of aromatic nitrogens is 1. The fourth-order valence-electron chi connectivity index (χ4n) is 1.56. The van der Waals surface area contributed by atoms with Crippen molar-refractivity contribution in [3.05, 3.63) is 52.8 Å². The lowest BCUT2D eigenvalue weighted by atomic mass is 10.2. The lowest BCUT2D eigenvalue weighted by molar-refractivity contribution is -0.142. The first kappa shape index (κ1) is 15.8. The molecule has 0 saturated heterocycles. The van der Waals surface area contributed by atoms with Gasteiger partial charge in [0, 0.05) is 17.2 Å². The van der Waals surface area contributed by atoms with Gasteiger partial charge in [-0.25, -0.2) is 4.79 Å². The van der Waals surface area contributed by atoms with Crippen LogP contribution < -0.4 is 5.32 Å². The largest absolute Gasteiger partial charge is 0.452 e. The van der Waals surface area contributed by atoms with E-state index in [4.69, 9.17) is 20.9 Å². The average molecular weight is 321 g/mol. The van der Waals surface area contributed by atoms with Crippen LogP contribution in [0.3, 0.4) is 0 Å². The first-order valence-corrected chi connectivity index (χ1v) is 6.74. The molecule has 1 aromatic heterocycles. The van der Waals surface area contributed by atoms with Gasteiger partial charge in [0.1, 0.15) is 5.76 Å². The maximum Gasteiger partial charge on any atom is 0.331 e. The fourth-order valence-corrected chi connectivity index (χ4v) is 1.76. The number of halogens is 1. The Hall–Kier alpha value is -2.60. The van der Waals surface area contributed by atoms with Crippen molar-refractivity contribution < 1.29 is 18.8 Å². The van der Waals surface area contributed by atoms with Gasteiger partial charge in [-0.15, -0.1) is 0 Å². The molecule has 0 radical (unpaired) electrons. The molecule has 6 nitrogen and oxygen atoms in total. The Balaban J connectivity index is 1.78. The number of aryl methyl sites for hydroxylation is 1. The van der Waals surface area contributed by atoms with Gasteiger partial charge in [0.05, 0.1) is 0 Å². The molecule has 0 bridgehead atoms. The molecule has 114 valence electrons. The van der Waals surface area contributed by atoms with Crippen LogP contribution in [-0.2, 0) is 14.3 Å². The van der Waals surface area contributed by atoms with E-state index in [0.717, 1.165) is 5.56 Å². The molecule has 0 aliphatic heterocycles. The molecule has 1 amide bonds. The van der Waals surface area contributed by atoms with Crippen molar-refractivity contribution in [3.63, 3.8) is 0 Å². The first-order valence-electron chi connectivity index (χ1n) is 6.36. The predicted octanol–water partition coefficient (Wildman–Crippen LogP) is 2.83. The minimum Gasteiger partial charge on any atom is -0.452 e. The van der Waals surface area contributed by atoms with Gasteiger partial charge >= 0.3 is 5.97 Å². The Morgan fingerprint density at radius 1 is 1.41 bits per heavy atom. The van der Waals surface area contributed by atoms with E-state index in [1.54, 1.807) is 43.3 Å². The number of hydrogen-bond donors (Lipinski definition) is 1. The van der Waals surface area contributed by atoms with Crippen LogP contribution in [0, 0.1) is 6.92 Å². The smallest absolute Gasteiger partial charge is 0.331 e. The predicted molar refractivity (Wildman–Crippen MR) is 81.3 cm³/mol. The lowest BCUT2D eigenvalue weighted by Crippen LogP contribution is -2.20. The molecule has 1 N–H and O–H groups in total. The molecule has 2 aromatic rings. The Labute approximate surface area is 131 Å². The highest BCUT2D eigenvalue weighted by molar-refractivity contribution is 6.30. The highest BCUT2D eigenvalue weighted by Crippen LogP contribution is 2.11. The van der Waals surface area contributed by atoms with E-state index in [-0.39, 0.29) is 5.82 Å². The van der Waals surface area contributed by atoms with Crippen molar-refractivity contribution in [1.29, 1.82) is 0 Å². The second kappa shape index (κ2) is 7.42. The molecule has 0 unspecified atom stereocenters. The van der Waals surface area contributed by atoms with Crippen LogP contribution in [0.1, 0.15) is 11.3 Å². The molecule has 0 aliphatic rings. The number of nitrogens with zero attached hydrogens (tertiary/aromatic N) is 1. The van der Waals surface area contributed by atoms with Crippen molar-refractivity contribution in [1.82, 2.24) is 5.16 Å². The molecule has 1 heterocycles. The molecule has 2 rings (SSSR count). The fraction of sp³-hybridized carbons (Fsp3) is 0.133. The van der Waals surface area contributed by atoms with Crippen molar-refractivity contribution in [2.24, 2.45) is 0 Å². The zero-order valence-electron chi connectivity index (χ0n) is 11.7. The minimum atomic E-state index is -0.633. The summed E-state index contributed by atoms with van der Waals surface area (Å²) in [5, 5.41) is 6.60. The summed E-state index contributed by atoms with van der Waals surface area (Å²) in [6.45, 7) is 1.29. The van der Waals surface area contributed by atoms with Gasteiger partial charge in [-0.3, -0.25) is 4.79 Å². The number of esters is 1. The number of anilines is 1. The lowest BCUT2D eigenvalue weighted by Gasteiger charge is -2.01. The average Bonchev–Trinajstić information content (AvgIpc) is 2.88. The monoisotopic (exact) mass is 320 g/mol. The van der Waals surface area contributed by atoms with E-state index in [1.807, 2.05) is 0 Å². The third kappa shape index (κ3) is 5.06. The van der Waals surface area contributed by atoms with E-state index in [1.165, 1.54) is 6.08 Å². The van der Waals surface area contributed by atoms with Crippen molar-refractivity contribution in [2.75, 3.05) is 11.9 Å². The van der Waals surface area contributed by atoms with Gasteiger partial charge in [-0.2, -0.15) is 0 Å². The Morgan fingerprint density at radius 2 is 2.23 bits per heavy atom. The first-order chi connectivity index (χ1) is 10.5. The van der Waals surface area contributed by atoms with E-state index in [2.05, 4.69) is 10.5 Å². The number of ether oxygens (including phenoxy) is 1. The van der Waals surface area contributed by atoms with Crippen LogP contribution >= 0.6 is 11.6 Å². The van der Waals surface area contributed by atoms with Crippen LogP contribution in [0.25, 0.3) is 6.08 Å². The SMILES string of the molecule is Cc1cc(NC(=O)COC(=O)C=Cc2cccc(Cl)c2)no1. The van der Waals surface area contributed by atoms with Crippen molar-refractivity contribution in [2.45, 2.75) is 6.92 Å². The molecule has 1 aromatic carbocycles. The molecule has 0 fully saturated rings. The molecule has 0 atom stereocenters. The summed E-state index contributed by atoms with van der Waals surface area (Å²) in [6.07, 6.45) is 2.77. The quantitative estimate of drug-likeness (QED) is 0.676. The Bertz CT molecular complexity index is 709. The normalized spacial score (nSPS) is 10.6. The zero-order valence-corrected chi connectivity index (χ0v) is 12.5. The number of amides is 1. The van der Waals surface area contributed by atoms with Crippen LogP contribution in [0.5, 0.6) is 0 Å². The van der Waals surface area contributed by atoms with Gasteiger partial charge < -0.3 is 14.6 Å². The molecule has 7 heteroatoms. The Kier molecular flexibility index (Phi) is 5.32. The topological polar surface area (TPSA) is 81.4 Å². The number of benzene rings is 1. The van der Waals surface area contributed by atoms with Gasteiger partial charge in [-0.1, -0.05) is 28.9 Å². The molecule has 22 heavy (non-hydrogen) atoms. The molecule has 0 saturated carbocycles. The third-order valence-corrected chi connectivity index (χ3v) is 2.74. The highest BCUT2D eigenvalue weighted by Gasteiger charge is 2.08. The van der Waals surface area contributed by atoms with Gasteiger partial charge in [0.2, 0.25) is 0 Å². The molecular weight excluding hydrogens is 308 g/mol. The number of carbonyl (C=O) groups excluding carboxylic acids is 2. The Morgan fingerprint density at radius 3 is 2.91 bits per heavy atom. The standard InChI is InChI=1S/C15H13ClN2O4/c1-10-7-13(18-22-10)17-14(19)9-21-15(20)6-5-11-3-2-4-12(16)8-11/h2-8H,9H2,1H3,(H,17,18,19). The molecule has 0 spiro atoms. The number of rotatable bonds is 5. The van der Waals surface area contributed by atoms with Crippen molar-refractivity contribution in [3.8, 4) is 0 Å². The maximum atomic E-state index is 11.5. The van der Waals surface area contributed by atoms with Crippen LogP contribution in [0.4, 0.5) is 5.82 Å². The number of hydrogen-bond acceptors (Lipinski definition) is 5. The molecular formula is C15H13ClN2O4. The van der Waals surface area contributed by atoms with Gasteiger partial charge in [0.15, 0.2) is 12.4 Å². The van der Waals surface area contributed by atoms with Gasteiger partial charge in [-0.05, 0) is 30.7 Å². The van der Waals surface area contributed by atoms with Crippen LogP contribution in [0.2, 0.25) is 5.02 Å². The summed E-state index contributed by atoms with van der Waals surface area (Å²) in [5.74, 6) is -0.297. The van der Waals surface area contributed by atoms with Crippen molar-refractivity contribution >= 4 is 35.4 Å². The summed E-state index contributed by atoms with van der Waals surface area (Å²) in [4.78, 5) is 23.0. The number of nitrogens with one attached hydrogen (secondary N) is 1.